The summed E-state index contributed by atoms with van der Waals surface area (Å²) >= 11 is 1.37. The van der Waals surface area contributed by atoms with E-state index in [-0.39, 0.29) is 25.0 Å². The van der Waals surface area contributed by atoms with Crippen molar-refractivity contribution < 1.29 is 28.5 Å². The first-order valence-electron chi connectivity index (χ1n) is 10.3. The van der Waals surface area contributed by atoms with E-state index in [1.807, 2.05) is 12.1 Å². The predicted octanol–water partition coefficient (Wildman–Crippen LogP) is 3.23. The smallest absolute Gasteiger partial charge is 0.271 e. The van der Waals surface area contributed by atoms with Crippen LogP contribution >= 0.6 is 11.3 Å². The molecule has 0 spiro atoms. The van der Waals surface area contributed by atoms with Crippen molar-refractivity contribution >= 4 is 23.2 Å². The molecule has 1 heterocycles. The van der Waals surface area contributed by atoms with Crippen LogP contribution in [-0.4, -0.2) is 63.7 Å². The Kier molecular flexibility index (Phi) is 8.31. The van der Waals surface area contributed by atoms with Gasteiger partial charge in [-0.1, -0.05) is 6.07 Å². The quantitative estimate of drug-likeness (QED) is 0.471. The Bertz CT molecular complexity index is 1160. The second-order valence-corrected chi connectivity index (χ2v) is 8.21. The lowest BCUT2D eigenvalue weighted by Gasteiger charge is -2.14. The molecule has 0 saturated carbocycles. The van der Waals surface area contributed by atoms with E-state index < -0.39 is 0 Å². The summed E-state index contributed by atoms with van der Waals surface area (Å²) in [7, 11) is 7.98. The number of likely N-dealkylation sites (N-methyl/N-ethyl adjacent to an activating group) is 1. The van der Waals surface area contributed by atoms with Gasteiger partial charge in [-0.25, -0.2) is 4.98 Å². The van der Waals surface area contributed by atoms with Gasteiger partial charge in [-0.2, -0.15) is 0 Å². The molecular weight excluding hydrogens is 458 g/mol. The van der Waals surface area contributed by atoms with E-state index in [2.05, 4.69) is 10.3 Å². The maximum absolute atomic E-state index is 12.6. The van der Waals surface area contributed by atoms with Gasteiger partial charge in [0.05, 0.1) is 21.3 Å². The van der Waals surface area contributed by atoms with Gasteiger partial charge in [0.1, 0.15) is 10.7 Å². The van der Waals surface area contributed by atoms with Crippen LogP contribution in [0.1, 0.15) is 16.1 Å². The van der Waals surface area contributed by atoms with E-state index >= 15 is 0 Å². The fourth-order valence-electron chi connectivity index (χ4n) is 2.96. The molecule has 0 unspecified atom stereocenters. The number of methoxy groups -OCH3 is 3. The lowest BCUT2D eigenvalue weighted by Crippen LogP contribution is -2.27. The third-order valence-corrected chi connectivity index (χ3v) is 5.79. The highest BCUT2D eigenvalue weighted by Gasteiger charge is 2.15. The van der Waals surface area contributed by atoms with Gasteiger partial charge in [-0.15, -0.1) is 11.3 Å². The number of rotatable bonds is 10. The minimum atomic E-state index is -0.293. The molecule has 2 aromatic carbocycles. The molecule has 2 amide bonds. The standard InChI is InChI=1S/C24H27N3O6S/c1-27(2)22(28)13-33-19-8-6-15(10-20(19)31-4)12-25-23(29)17-14-34-24(26-17)16-7-9-18(30-3)21(11-16)32-5/h6-11,14H,12-13H2,1-5H3,(H,25,29). The van der Waals surface area contributed by atoms with E-state index in [9.17, 15) is 9.59 Å². The maximum atomic E-state index is 12.6. The highest BCUT2D eigenvalue weighted by molar-refractivity contribution is 7.13. The largest absolute Gasteiger partial charge is 0.493 e. The Morgan fingerprint density at radius 1 is 0.941 bits per heavy atom. The molecule has 34 heavy (non-hydrogen) atoms. The monoisotopic (exact) mass is 485 g/mol. The number of carbonyl (C=O) groups excluding carboxylic acids is 2. The summed E-state index contributed by atoms with van der Waals surface area (Å²) in [4.78, 5) is 30.3. The van der Waals surface area contributed by atoms with Gasteiger partial charge in [0, 0.05) is 31.6 Å². The van der Waals surface area contributed by atoms with Crippen molar-refractivity contribution in [3.63, 3.8) is 0 Å². The Morgan fingerprint density at radius 3 is 2.29 bits per heavy atom. The lowest BCUT2D eigenvalue weighted by molar-refractivity contribution is -0.130. The van der Waals surface area contributed by atoms with Crippen molar-refractivity contribution in [1.29, 1.82) is 0 Å². The summed E-state index contributed by atoms with van der Waals surface area (Å²) in [5.41, 5.74) is 1.96. The van der Waals surface area contributed by atoms with Crippen LogP contribution in [0.3, 0.4) is 0 Å². The first-order valence-corrected chi connectivity index (χ1v) is 11.2. The summed E-state index contributed by atoms with van der Waals surface area (Å²) in [5, 5.41) is 5.27. The Morgan fingerprint density at radius 2 is 1.62 bits per heavy atom. The molecule has 3 aromatic rings. The third-order valence-electron chi connectivity index (χ3n) is 4.90. The highest BCUT2D eigenvalue weighted by atomic mass is 32.1. The van der Waals surface area contributed by atoms with Crippen LogP contribution < -0.4 is 24.3 Å². The summed E-state index contributed by atoms with van der Waals surface area (Å²) in [5.74, 6) is 1.69. The van der Waals surface area contributed by atoms with E-state index in [0.29, 0.717) is 33.7 Å². The summed E-state index contributed by atoms with van der Waals surface area (Å²) in [6.45, 7) is 0.182. The topological polar surface area (TPSA) is 99.2 Å². The number of nitrogens with zero attached hydrogens (tertiary/aromatic N) is 2. The molecular formula is C24H27N3O6S. The maximum Gasteiger partial charge on any atom is 0.271 e. The van der Waals surface area contributed by atoms with E-state index in [1.165, 1.54) is 23.3 Å². The molecule has 0 aliphatic rings. The molecule has 0 radical (unpaired) electrons. The van der Waals surface area contributed by atoms with E-state index in [4.69, 9.17) is 18.9 Å². The van der Waals surface area contributed by atoms with Crippen molar-refractivity contribution in [3.8, 4) is 33.6 Å². The van der Waals surface area contributed by atoms with Crippen LogP contribution in [0.2, 0.25) is 0 Å². The summed E-state index contributed by atoms with van der Waals surface area (Å²) in [6.07, 6.45) is 0. The number of aromatic nitrogens is 1. The average molecular weight is 486 g/mol. The molecule has 0 fully saturated rings. The Labute approximate surface area is 202 Å². The number of hydrogen-bond acceptors (Lipinski definition) is 8. The van der Waals surface area contributed by atoms with Gasteiger partial charge >= 0.3 is 0 Å². The zero-order valence-electron chi connectivity index (χ0n) is 19.7. The average Bonchev–Trinajstić information content (AvgIpc) is 3.35. The van der Waals surface area contributed by atoms with Crippen molar-refractivity contribution in [2.75, 3.05) is 42.0 Å². The number of hydrogen-bond donors (Lipinski definition) is 1. The zero-order chi connectivity index (χ0) is 24.7. The lowest BCUT2D eigenvalue weighted by atomic mass is 10.2. The molecule has 0 aliphatic heterocycles. The molecule has 0 saturated heterocycles. The van der Waals surface area contributed by atoms with Crippen LogP contribution in [0.4, 0.5) is 0 Å². The Hall–Kier alpha value is -3.79. The fraction of sp³-hybridized carbons (Fsp3) is 0.292. The number of amides is 2. The van der Waals surface area contributed by atoms with Crippen molar-refractivity contribution in [1.82, 2.24) is 15.2 Å². The van der Waals surface area contributed by atoms with Gasteiger partial charge < -0.3 is 29.2 Å². The second-order valence-electron chi connectivity index (χ2n) is 7.35. The summed E-state index contributed by atoms with van der Waals surface area (Å²) < 4.78 is 21.5. The van der Waals surface area contributed by atoms with Crippen LogP contribution in [-0.2, 0) is 11.3 Å². The molecule has 0 aliphatic carbocycles. The molecule has 180 valence electrons. The number of ether oxygens (including phenoxy) is 4. The fourth-order valence-corrected chi connectivity index (χ4v) is 3.76. The first kappa shape index (κ1) is 24.8. The molecule has 1 N–H and O–H groups in total. The number of benzene rings is 2. The van der Waals surface area contributed by atoms with Crippen molar-refractivity contribution in [2.45, 2.75) is 6.54 Å². The summed E-state index contributed by atoms with van der Waals surface area (Å²) in [6, 6.07) is 10.7. The number of carbonyl (C=O) groups is 2. The molecule has 3 rings (SSSR count). The molecule has 1 aromatic heterocycles. The normalized spacial score (nSPS) is 10.4. The minimum Gasteiger partial charge on any atom is -0.493 e. The first-order chi connectivity index (χ1) is 16.4. The van der Waals surface area contributed by atoms with Crippen molar-refractivity contribution in [2.24, 2.45) is 0 Å². The highest BCUT2D eigenvalue weighted by Crippen LogP contribution is 2.33. The predicted molar refractivity (Wildman–Crippen MR) is 129 cm³/mol. The van der Waals surface area contributed by atoms with Crippen LogP contribution in [0, 0.1) is 0 Å². The van der Waals surface area contributed by atoms with Crippen molar-refractivity contribution in [3.05, 3.63) is 53.0 Å². The number of nitrogens with one attached hydrogen (secondary N) is 1. The van der Waals surface area contributed by atoms with Gasteiger partial charge in [0.2, 0.25) is 0 Å². The van der Waals surface area contributed by atoms with Gasteiger partial charge in [0.15, 0.2) is 29.6 Å². The van der Waals surface area contributed by atoms with Gasteiger partial charge in [-0.05, 0) is 35.9 Å². The van der Waals surface area contributed by atoms with Crippen LogP contribution in [0.15, 0.2) is 41.8 Å². The van der Waals surface area contributed by atoms with Crippen LogP contribution in [0.25, 0.3) is 10.6 Å². The molecule has 0 atom stereocenters. The SMILES string of the molecule is COc1ccc(-c2nc(C(=O)NCc3ccc(OCC(=O)N(C)C)c(OC)c3)cs2)cc1OC. The van der Waals surface area contributed by atoms with Crippen LogP contribution in [0.5, 0.6) is 23.0 Å². The molecule has 0 bridgehead atoms. The van der Waals surface area contributed by atoms with Gasteiger partial charge in [-0.3, -0.25) is 9.59 Å². The second kappa shape index (κ2) is 11.4. The minimum absolute atomic E-state index is 0.0916. The van der Waals surface area contributed by atoms with E-state index in [1.54, 1.807) is 58.0 Å². The number of thiazole rings is 1. The molecule has 10 heteroatoms. The van der Waals surface area contributed by atoms with Gasteiger partial charge in [0.25, 0.3) is 11.8 Å². The van der Waals surface area contributed by atoms with E-state index in [0.717, 1.165) is 11.1 Å². The zero-order valence-corrected chi connectivity index (χ0v) is 20.5. The Balaban J connectivity index is 1.64. The third kappa shape index (κ3) is 5.96. The molecule has 9 nitrogen and oxygen atoms in total.